The number of hydrogen-bond donors (Lipinski definition) is 0. The van der Waals surface area contributed by atoms with Gasteiger partial charge in [-0.1, -0.05) is 15.9 Å². The SMILES string of the molecule is Cc1c(Br)ccc(-c2cnco2)c1C. The smallest absolute Gasteiger partial charge is 0.181 e. The van der Waals surface area contributed by atoms with Crippen molar-refractivity contribution in [2.75, 3.05) is 0 Å². The van der Waals surface area contributed by atoms with Crippen LogP contribution < -0.4 is 0 Å². The maximum atomic E-state index is 5.27. The number of oxazole rings is 1. The summed E-state index contributed by atoms with van der Waals surface area (Å²) in [5.41, 5.74) is 3.55. The van der Waals surface area contributed by atoms with E-state index in [0.29, 0.717) is 0 Å². The first-order valence-electron chi connectivity index (χ1n) is 4.34. The standard InChI is InChI=1S/C11H10BrNO/c1-7-8(2)10(12)4-3-9(7)11-5-13-6-14-11/h3-6H,1-2H3. The fourth-order valence-electron chi connectivity index (χ4n) is 1.40. The van der Waals surface area contributed by atoms with E-state index in [9.17, 15) is 0 Å². The van der Waals surface area contributed by atoms with Crippen molar-refractivity contribution in [1.82, 2.24) is 4.98 Å². The molecule has 0 amide bonds. The molecular formula is C11H10BrNO. The second-order valence-corrected chi connectivity index (χ2v) is 4.06. The topological polar surface area (TPSA) is 26.0 Å². The molecule has 0 N–H and O–H groups in total. The number of rotatable bonds is 1. The van der Waals surface area contributed by atoms with Gasteiger partial charge in [0.05, 0.1) is 6.20 Å². The van der Waals surface area contributed by atoms with Crippen LogP contribution in [0.4, 0.5) is 0 Å². The highest BCUT2D eigenvalue weighted by Crippen LogP contribution is 2.29. The molecule has 0 atom stereocenters. The van der Waals surface area contributed by atoms with Gasteiger partial charge in [-0.15, -0.1) is 0 Å². The Bertz CT molecular complexity index is 449. The van der Waals surface area contributed by atoms with E-state index in [-0.39, 0.29) is 0 Å². The van der Waals surface area contributed by atoms with E-state index in [2.05, 4.69) is 34.8 Å². The van der Waals surface area contributed by atoms with Crippen molar-refractivity contribution in [3.05, 3.63) is 40.3 Å². The van der Waals surface area contributed by atoms with Gasteiger partial charge in [0, 0.05) is 10.0 Å². The summed E-state index contributed by atoms with van der Waals surface area (Å²) < 4.78 is 6.39. The minimum atomic E-state index is 0.818. The van der Waals surface area contributed by atoms with Crippen LogP contribution in [0.15, 0.2) is 33.6 Å². The highest BCUT2D eigenvalue weighted by molar-refractivity contribution is 9.10. The van der Waals surface area contributed by atoms with E-state index in [1.54, 1.807) is 6.20 Å². The van der Waals surface area contributed by atoms with E-state index in [0.717, 1.165) is 15.8 Å². The summed E-state index contributed by atoms with van der Waals surface area (Å²) >= 11 is 3.50. The normalized spacial score (nSPS) is 10.5. The summed E-state index contributed by atoms with van der Waals surface area (Å²) in [5, 5.41) is 0. The lowest BCUT2D eigenvalue weighted by Gasteiger charge is -2.07. The molecule has 2 rings (SSSR count). The highest BCUT2D eigenvalue weighted by atomic mass is 79.9. The van der Waals surface area contributed by atoms with Gasteiger partial charge >= 0.3 is 0 Å². The molecule has 0 aliphatic rings. The van der Waals surface area contributed by atoms with Gasteiger partial charge in [0.15, 0.2) is 12.2 Å². The molecule has 72 valence electrons. The predicted octanol–water partition coefficient (Wildman–Crippen LogP) is 3.72. The fraction of sp³-hybridized carbons (Fsp3) is 0.182. The van der Waals surface area contributed by atoms with E-state index >= 15 is 0 Å². The van der Waals surface area contributed by atoms with Gasteiger partial charge in [-0.3, -0.25) is 0 Å². The number of halogens is 1. The molecule has 0 spiro atoms. The first-order chi connectivity index (χ1) is 6.70. The molecule has 0 unspecified atom stereocenters. The summed E-state index contributed by atoms with van der Waals surface area (Å²) in [6.07, 6.45) is 3.18. The first kappa shape index (κ1) is 9.46. The molecule has 2 aromatic rings. The zero-order valence-corrected chi connectivity index (χ0v) is 9.63. The lowest BCUT2D eigenvalue weighted by Crippen LogP contribution is -1.87. The van der Waals surface area contributed by atoms with Crippen molar-refractivity contribution in [3.8, 4) is 11.3 Å². The second-order valence-electron chi connectivity index (χ2n) is 3.21. The van der Waals surface area contributed by atoms with Gasteiger partial charge in [0.25, 0.3) is 0 Å². The summed E-state index contributed by atoms with van der Waals surface area (Å²) in [4.78, 5) is 3.91. The van der Waals surface area contributed by atoms with Gasteiger partial charge in [-0.2, -0.15) is 0 Å². The molecule has 0 saturated carbocycles. The van der Waals surface area contributed by atoms with Crippen molar-refractivity contribution >= 4 is 15.9 Å². The quantitative estimate of drug-likeness (QED) is 0.773. The van der Waals surface area contributed by atoms with Crippen LogP contribution in [0.2, 0.25) is 0 Å². The number of aromatic nitrogens is 1. The molecule has 1 aromatic heterocycles. The second kappa shape index (κ2) is 3.58. The van der Waals surface area contributed by atoms with Crippen LogP contribution >= 0.6 is 15.9 Å². The van der Waals surface area contributed by atoms with Gasteiger partial charge < -0.3 is 4.42 Å². The van der Waals surface area contributed by atoms with Crippen LogP contribution in [-0.4, -0.2) is 4.98 Å². The Morgan fingerprint density at radius 1 is 1.21 bits per heavy atom. The monoisotopic (exact) mass is 251 g/mol. The molecule has 0 radical (unpaired) electrons. The maximum Gasteiger partial charge on any atom is 0.181 e. The molecule has 14 heavy (non-hydrogen) atoms. The van der Waals surface area contributed by atoms with Crippen LogP contribution in [0.25, 0.3) is 11.3 Å². The zero-order chi connectivity index (χ0) is 10.1. The summed E-state index contributed by atoms with van der Waals surface area (Å²) in [6, 6.07) is 4.06. The Morgan fingerprint density at radius 2 is 2.00 bits per heavy atom. The third-order valence-corrected chi connectivity index (χ3v) is 3.28. The Kier molecular flexibility index (Phi) is 2.42. The third-order valence-electron chi connectivity index (χ3n) is 2.42. The minimum absolute atomic E-state index is 0.818. The van der Waals surface area contributed by atoms with E-state index in [4.69, 9.17) is 4.42 Å². The van der Waals surface area contributed by atoms with Gasteiger partial charge in [0.2, 0.25) is 0 Å². The molecular weight excluding hydrogens is 242 g/mol. The molecule has 0 saturated heterocycles. The Labute approximate surface area is 91.1 Å². The zero-order valence-electron chi connectivity index (χ0n) is 8.04. The fourth-order valence-corrected chi connectivity index (χ4v) is 1.83. The van der Waals surface area contributed by atoms with Crippen LogP contribution in [0, 0.1) is 13.8 Å². The average Bonchev–Trinajstić information content (AvgIpc) is 2.67. The summed E-state index contributed by atoms with van der Waals surface area (Å²) in [6.45, 7) is 4.16. The van der Waals surface area contributed by atoms with Crippen LogP contribution in [0.1, 0.15) is 11.1 Å². The predicted molar refractivity (Wildman–Crippen MR) is 59.1 cm³/mol. The number of nitrogens with zero attached hydrogens (tertiary/aromatic N) is 1. The molecule has 0 fully saturated rings. The molecule has 0 aliphatic heterocycles. The Balaban J connectivity index is 2.61. The molecule has 0 bridgehead atoms. The highest BCUT2D eigenvalue weighted by Gasteiger charge is 2.08. The minimum Gasteiger partial charge on any atom is -0.444 e. The third kappa shape index (κ3) is 1.48. The molecule has 0 aliphatic carbocycles. The van der Waals surface area contributed by atoms with Crippen LogP contribution in [-0.2, 0) is 0 Å². The van der Waals surface area contributed by atoms with E-state index < -0.39 is 0 Å². The molecule has 2 nitrogen and oxygen atoms in total. The van der Waals surface area contributed by atoms with Crippen LogP contribution in [0.5, 0.6) is 0 Å². The lowest BCUT2D eigenvalue weighted by atomic mass is 10.0. The van der Waals surface area contributed by atoms with E-state index in [1.165, 1.54) is 17.5 Å². The van der Waals surface area contributed by atoms with Crippen molar-refractivity contribution in [1.29, 1.82) is 0 Å². The Hall–Kier alpha value is -1.09. The first-order valence-corrected chi connectivity index (χ1v) is 5.14. The van der Waals surface area contributed by atoms with Gasteiger partial charge in [0.1, 0.15) is 0 Å². The number of benzene rings is 1. The van der Waals surface area contributed by atoms with Gasteiger partial charge in [-0.05, 0) is 37.1 Å². The van der Waals surface area contributed by atoms with Crippen LogP contribution in [0.3, 0.4) is 0 Å². The molecule has 1 heterocycles. The van der Waals surface area contributed by atoms with Crippen molar-refractivity contribution < 1.29 is 4.42 Å². The average molecular weight is 252 g/mol. The van der Waals surface area contributed by atoms with Crippen molar-refractivity contribution in [2.45, 2.75) is 13.8 Å². The summed E-state index contributed by atoms with van der Waals surface area (Å²) in [5.74, 6) is 0.818. The van der Waals surface area contributed by atoms with E-state index in [1.807, 2.05) is 12.1 Å². The van der Waals surface area contributed by atoms with Crippen molar-refractivity contribution in [3.63, 3.8) is 0 Å². The number of hydrogen-bond acceptors (Lipinski definition) is 2. The van der Waals surface area contributed by atoms with Crippen molar-refractivity contribution in [2.24, 2.45) is 0 Å². The summed E-state index contributed by atoms with van der Waals surface area (Å²) in [7, 11) is 0. The van der Waals surface area contributed by atoms with Gasteiger partial charge in [-0.25, -0.2) is 4.98 Å². The maximum absolute atomic E-state index is 5.27. The Morgan fingerprint density at radius 3 is 2.64 bits per heavy atom. The molecule has 1 aromatic carbocycles. The molecule has 3 heteroatoms. The largest absolute Gasteiger partial charge is 0.444 e. The lowest BCUT2D eigenvalue weighted by molar-refractivity contribution is 0.571.